The van der Waals surface area contributed by atoms with E-state index in [0.29, 0.717) is 30.5 Å². The average molecular weight is 318 g/mol. The van der Waals surface area contributed by atoms with Crippen molar-refractivity contribution in [1.82, 2.24) is 20.8 Å². The second kappa shape index (κ2) is 8.42. The Hall–Kier alpha value is -2.23. The number of nitrogens with one attached hydrogen (secondary N) is 3. The maximum Gasteiger partial charge on any atom is 0.315 e. The molecule has 7 heteroatoms. The highest BCUT2D eigenvalue weighted by Crippen LogP contribution is 2.26. The minimum absolute atomic E-state index is 0.0972. The summed E-state index contributed by atoms with van der Waals surface area (Å²) in [4.78, 5) is 12.0. The van der Waals surface area contributed by atoms with Crippen LogP contribution in [-0.2, 0) is 6.42 Å². The van der Waals surface area contributed by atoms with Crippen LogP contribution in [0.3, 0.4) is 0 Å². The van der Waals surface area contributed by atoms with E-state index < -0.39 is 0 Å². The second-order valence-electron chi connectivity index (χ2n) is 6.14. The van der Waals surface area contributed by atoms with Gasteiger partial charge in [-0.05, 0) is 31.6 Å². The third-order valence-corrected chi connectivity index (χ3v) is 4.62. The Morgan fingerprint density at radius 3 is 3.00 bits per heavy atom. The van der Waals surface area contributed by atoms with E-state index in [1.54, 1.807) is 0 Å². The second-order valence-corrected chi connectivity index (χ2v) is 6.14. The van der Waals surface area contributed by atoms with E-state index in [4.69, 9.17) is 11.0 Å². The number of carbonyl (C=O) groups excluding carboxylic acids is 1. The van der Waals surface area contributed by atoms with Gasteiger partial charge in [-0.25, -0.2) is 4.79 Å². The number of rotatable bonds is 6. The number of nitrogen functional groups attached to an aromatic ring is 1. The summed E-state index contributed by atoms with van der Waals surface area (Å²) in [5.74, 6) is 0.830. The zero-order chi connectivity index (χ0) is 16.7. The third kappa shape index (κ3) is 4.62. The predicted octanol–water partition coefficient (Wildman–Crippen LogP) is 2.06. The van der Waals surface area contributed by atoms with Crippen LogP contribution in [0.1, 0.15) is 56.7 Å². The third-order valence-electron chi connectivity index (χ3n) is 4.62. The van der Waals surface area contributed by atoms with Crippen LogP contribution in [0.5, 0.6) is 0 Å². The predicted molar refractivity (Wildman–Crippen MR) is 88.6 cm³/mol. The van der Waals surface area contributed by atoms with Gasteiger partial charge in [0.25, 0.3) is 0 Å². The summed E-state index contributed by atoms with van der Waals surface area (Å²) in [6, 6.07) is 2.24. The van der Waals surface area contributed by atoms with Gasteiger partial charge in [-0.3, -0.25) is 5.10 Å². The zero-order valence-corrected chi connectivity index (χ0v) is 13.7. The quantitative estimate of drug-likeness (QED) is 0.600. The summed E-state index contributed by atoms with van der Waals surface area (Å²) in [6.07, 6.45) is 7.22. The first-order valence-corrected chi connectivity index (χ1v) is 8.42. The van der Waals surface area contributed by atoms with Crippen LogP contribution in [-0.4, -0.2) is 28.8 Å². The number of amides is 2. The number of aromatic amines is 1. The van der Waals surface area contributed by atoms with Gasteiger partial charge in [0, 0.05) is 12.6 Å². The van der Waals surface area contributed by atoms with Crippen LogP contribution >= 0.6 is 0 Å². The van der Waals surface area contributed by atoms with Gasteiger partial charge >= 0.3 is 6.03 Å². The molecule has 0 radical (unpaired) electrons. The van der Waals surface area contributed by atoms with Gasteiger partial charge in [0.15, 0.2) is 5.82 Å². The first kappa shape index (κ1) is 17.1. The standard InChI is InChI=1S/C16H26N6O/c1-2-11-6-3-4-7-13(11)20-16(23)19-9-5-8-14-12(10-17)15(18)22-21-14/h11,13H,2-9H2,1H3,(H3,18,21,22)(H2,19,20,23)/t11-,13+/m1/s1. The number of aromatic nitrogens is 2. The fraction of sp³-hybridized carbons (Fsp3) is 0.688. The molecule has 0 bridgehead atoms. The molecule has 126 valence electrons. The van der Waals surface area contributed by atoms with Crippen molar-refractivity contribution in [3.63, 3.8) is 0 Å². The molecule has 0 saturated heterocycles. The Bertz CT molecular complexity index is 561. The smallest absolute Gasteiger partial charge is 0.315 e. The number of H-pyrrole nitrogens is 1. The molecule has 1 aromatic rings. The summed E-state index contributed by atoms with van der Waals surface area (Å²) >= 11 is 0. The lowest BCUT2D eigenvalue weighted by Gasteiger charge is -2.31. The van der Waals surface area contributed by atoms with Gasteiger partial charge in [0.1, 0.15) is 11.6 Å². The Morgan fingerprint density at radius 1 is 1.48 bits per heavy atom. The van der Waals surface area contributed by atoms with Crippen molar-refractivity contribution in [1.29, 1.82) is 5.26 Å². The minimum atomic E-state index is -0.0972. The van der Waals surface area contributed by atoms with Gasteiger partial charge in [0.05, 0.1) is 5.69 Å². The van der Waals surface area contributed by atoms with E-state index >= 15 is 0 Å². The van der Waals surface area contributed by atoms with Crippen LogP contribution in [0.4, 0.5) is 10.6 Å². The van der Waals surface area contributed by atoms with Crippen molar-refractivity contribution in [3.8, 4) is 6.07 Å². The lowest BCUT2D eigenvalue weighted by Crippen LogP contribution is -2.46. The van der Waals surface area contributed by atoms with Crippen LogP contribution in [0.25, 0.3) is 0 Å². The van der Waals surface area contributed by atoms with Crippen molar-refractivity contribution >= 4 is 11.8 Å². The van der Waals surface area contributed by atoms with E-state index in [0.717, 1.165) is 25.0 Å². The summed E-state index contributed by atoms with van der Waals surface area (Å²) in [6.45, 7) is 2.74. The molecule has 0 spiro atoms. The lowest BCUT2D eigenvalue weighted by atomic mass is 9.83. The van der Waals surface area contributed by atoms with E-state index in [9.17, 15) is 4.79 Å². The topological polar surface area (TPSA) is 120 Å². The van der Waals surface area contributed by atoms with Gasteiger partial charge in [-0.15, -0.1) is 0 Å². The molecule has 1 aliphatic carbocycles. The molecule has 5 N–H and O–H groups in total. The van der Waals surface area contributed by atoms with Crippen molar-refractivity contribution in [2.45, 2.75) is 57.9 Å². The largest absolute Gasteiger partial charge is 0.381 e. The van der Waals surface area contributed by atoms with Crippen molar-refractivity contribution < 1.29 is 4.79 Å². The highest BCUT2D eigenvalue weighted by molar-refractivity contribution is 5.74. The first-order chi connectivity index (χ1) is 11.2. The maximum absolute atomic E-state index is 12.0. The summed E-state index contributed by atoms with van der Waals surface area (Å²) in [5, 5.41) is 21.6. The number of nitriles is 1. The number of hydrogen-bond acceptors (Lipinski definition) is 4. The molecule has 1 aliphatic rings. The normalized spacial score (nSPS) is 20.7. The van der Waals surface area contributed by atoms with Crippen LogP contribution in [0.15, 0.2) is 0 Å². The Balaban J connectivity index is 1.69. The molecule has 1 fully saturated rings. The molecular weight excluding hydrogens is 292 g/mol. The van der Waals surface area contributed by atoms with Gasteiger partial charge < -0.3 is 16.4 Å². The van der Waals surface area contributed by atoms with Crippen LogP contribution in [0.2, 0.25) is 0 Å². The maximum atomic E-state index is 12.0. The molecule has 2 atom stereocenters. The van der Waals surface area contributed by atoms with E-state index in [2.05, 4.69) is 27.8 Å². The van der Waals surface area contributed by atoms with Crippen LogP contribution in [0, 0.1) is 17.2 Å². The molecule has 2 amide bonds. The number of nitrogens with two attached hydrogens (primary N) is 1. The van der Waals surface area contributed by atoms with Gasteiger partial charge in [-0.1, -0.05) is 26.2 Å². The Morgan fingerprint density at radius 2 is 2.26 bits per heavy atom. The summed E-state index contributed by atoms with van der Waals surface area (Å²) in [5.41, 5.74) is 6.72. The van der Waals surface area contributed by atoms with Crippen molar-refractivity contribution in [2.75, 3.05) is 12.3 Å². The zero-order valence-electron chi connectivity index (χ0n) is 13.7. The number of nitrogens with zero attached hydrogens (tertiary/aromatic N) is 2. The molecule has 1 aromatic heterocycles. The molecule has 23 heavy (non-hydrogen) atoms. The lowest BCUT2D eigenvalue weighted by molar-refractivity contribution is 0.216. The SMILES string of the molecule is CC[C@@H]1CCCC[C@@H]1NC(=O)NCCCc1[nH]nc(N)c1C#N. The molecule has 1 saturated carbocycles. The summed E-state index contributed by atoms with van der Waals surface area (Å²) in [7, 11) is 0. The molecule has 1 heterocycles. The molecule has 7 nitrogen and oxygen atoms in total. The number of anilines is 1. The van der Waals surface area contributed by atoms with E-state index in [1.165, 1.54) is 19.3 Å². The minimum Gasteiger partial charge on any atom is -0.381 e. The Kier molecular flexibility index (Phi) is 6.27. The average Bonchev–Trinajstić information content (AvgIpc) is 2.92. The fourth-order valence-electron chi connectivity index (χ4n) is 3.27. The fourth-order valence-corrected chi connectivity index (χ4v) is 3.27. The summed E-state index contributed by atoms with van der Waals surface area (Å²) < 4.78 is 0. The molecular formula is C16H26N6O. The highest BCUT2D eigenvalue weighted by atomic mass is 16.2. The van der Waals surface area contributed by atoms with E-state index in [1.807, 2.05) is 6.07 Å². The van der Waals surface area contributed by atoms with Gasteiger partial charge in [-0.2, -0.15) is 10.4 Å². The molecule has 0 aromatic carbocycles. The molecule has 2 rings (SSSR count). The number of carbonyl (C=O) groups is 1. The number of aryl methyl sites for hydroxylation is 1. The van der Waals surface area contributed by atoms with Crippen LogP contribution < -0.4 is 16.4 Å². The number of urea groups is 1. The highest BCUT2D eigenvalue weighted by Gasteiger charge is 2.24. The monoisotopic (exact) mass is 318 g/mol. The Labute approximate surface area is 137 Å². The van der Waals surface area contributed by atoms with Crippen molar-refractivity contribution in [2.24, 2.45) is 5.92 Å². The van der Waals surface area contributed by atoms with Crippen molar-refractivity contribution in [3.05, 3.63) is 11.3 Å². The van der Waals surface area contributed by atoms with Gasteiger partial charge in [0.2, 0.25) is 0 Å². The van der Waals surface area contributed by atoms with E-state index in [-0.39, 0.29) is 11.8 Å². The number of hydrogen-bond donors (Lipinski definition) is 4. The first-order valence-electron chi connectivity index (χ1n) is 8.42. The molecule has 0 unspecified atom stereocenters. The molecule has 0 aliphatic heterocycles.